The molecule has 2 aromatic carbocycles. The lowest BCUT2D eigenvalue weighted by atomic mass is 10.1. The molecule has 4 N–H and O–H groups in total. The van der Waals surface area contributed by atoms with E-state index >= 15 is 0 Å². The van der Waals surface area contributed by atoms with Crippen LogP contribution in [0.5, 0.6) is 11.5 Å². The van der Waals surface area contributed by atoms with E-state index in [1.54, 1.807) is 37.4 Å². The first kappa shape index (κ1) is 11.4. The molecule has 0 fully saturated rings. The van der Waals surface area contributed by atoms with E-state index in [4.69, 9.17) is 10.5 Å². The molecule has 0 radical (unpaired) electrons. The average Bonchev–Trinajstić information content (AvgIpc) is 2.81. The van der Waals surface area contributed by atoms with Crippen LogP contribution in [-0.4, -0.2) is 22.2 Å². The van der Waals surface area contributed by atoms with Gasteiger partial charge in [-0.05, 0) is 24.3 Å². The minimum atomic E-state index is 0.201. The van der Waals surface area contributed by atoms with Gasteiger partial charge in [0, 0.05) is 17.8 Å². The highest BCUT2D eigenvalue weighted by Gasteiger charge is 2.11. The molecule has 0 aliphatic rings. The van der Waals surface area contributed by atoms with Gasteiger partial charge in [-0.25, -0.2) is 4.98 Å². The number of aromatic nitrogens is 2. The molecular weight excluding hydrogens is 242 g/mol. The predicted octanol–water partition coefficient (Wildman–Crippen LogP) is 2.53. The number of nitrogen functional groups attached to an aromatic ring is 1. The summed E-state index contributed by atoms with van der Waals surface area (Å²) < 4.78 is 5.31. The highest BCUT2D eigenvalue weighted by atomic mass is 16.5. The maximum Gasteiger partial charge on any atom is 0.142 e. The topological polar surface area (TPSA) is 84.2 Å². The molecule has 0 unspecified atom stereocenters. The van der Waals surface area contributed by atoms with Crippen LogP contribution in [0, 0.1) is 0 Å². The van der Waals surface area contributed by atoms with Crippen molar-refractivity contribution in [2.75, 3.05) is 12.8 Å². The van der Waals surface area contributed by atoms with Gasteiger partial charge in [-0.3, -0.25) is 0 Å². The summed E-state index contributed by atoms with van der Waals surface area (Å²) in [7, 11) is 1.59. The van der Waals surface area contributed by atoms with E-state index in [-0.39, 0.29) is 5.75 Å². The summed E-state index contributed by atoms with van der Waals surface area (Å²) in [5.74, 6) is 1.53. The molecule has 0 bridgehead atoms. The zero-order chi connectivity index (χ0) is 13.4. The number of nitrogens with two attached hydrogens (primary N) is 1. The molecule has 5 heteroatoms. The Morgan fingerprint density at radius 3 is 2.84 bits per heavy atom. The number of methoxy groups -OCH3 is 1. The number of nitrogens with one attached hydrogen (secondary N) is 1. The first-order valence-electron chi connectivity index (χ1n) is 5.80. The van der Waals surface area contributed by atoms with E-state index in [0.29, 0.717) is 17.3 Å². The Bertz CT molecular complexity index is 750. The minimum absolute atomic E-state index is 0.201. The van der Waals surface area contributed by atoms with E-state index in [2.05, 4.69) is 9.97 Å². The van der Waals surface area contributed by atoms with E-state index in [0.717, 1.165) is 16.6 Å². The van der Waals surface area contributed by atoms with Crippen molar-refractivity contribution in [1.29, 1.82) is 0 Å². The Kier molecular flexibility index (Phi) is 2.52. The average molecular weight is 255 g/mol. The fourth-order valence-electron chi connectivity index (χ4n) is 2.03. The van der Waals surface area contributed by atoms with Crippen LogP contribution in [-0.2, 0) is 0 Å². The third kappa shape index (κ3) is 1.95. The molecular formula is C14H13N3O2. The highest BCUT2D eigenvalue weighted by Crippen LogP contribution is 2.31. The van der Waals surface area contributed by atoms with Crippen LogP contribution >= 0.6 is 0 Å². The lowest BCUT2D eigenvalue weighted by Gasteiger charge is -2.06. The van der Waals surface area contributed by atoms with Crippen molar-refractivity contribution in [3.05, 3.63) is 36.4 Å². The molecule has 1 heterocycles. The Morgan fingerprint density at radius 1 is 1.21 bits per heavy atom. The van der Waals surface area contributed by atoms with Crippen molar-refractivity contribution in [2.45, 2.75) is 0 Å². The Morgan fingerprint density at radius 2 is 2.05 bits per heavy atom. The first-order chi connectivity index (χ1) is 9.17. The van der Waals surface area contributed by atoms with Crippen molar-refractivity contribution in [1.82, 2.24) is 9.97 Å². The summed E-state index contributed by atoms with van der Waals surface area (Å²) in [5.41, 5.74) is 8.75. The van der Waals surface area contributed by atoms with Crippen LogP contribution in [0.1, 0.15) is 0 Å². The van der Waals surface area contributed by atoms with Crippen LogP contribution in [0.3, 0.4) is 0 Å². The van der Waals surface area contributed by atoms with Crippen LogP contribution in [0.15, 0.2) is 36.4 Å². The van der Waals surface area contributed by atoms with Gasteiger partial charge < -0.3 is 20.6 Å². The minimum Gasteiger partial charge on any atom is -0.508 e. The van der Waals surface area contributed by atoms with Gasteiger partial charge in [0.15, 0.2) is 0 Å². The van der Waals surface area contributed by atoms with Crippen LogP contribution in [0.4, 0.5) is 5.69 Å². The normalized spacial score (nSPS) is 10.8. The van der Waals surface area contributed by atoms with Crippen LogP contribution in [0.25, 0.3) is 22.4 Å². The molecule has 1 aromatic heterocycles. The summed E-state index contributed by atoms with van der Waals surface area (Å²) in [6.07, 6.45) is 0. The molecule has 5 nitrogen and oxygen atoms in total. The molecule has 3 aromatic rings. The third-order valence-electron chi connectivity index (χ3n) is 2.95. The van der Waals surface area contributed by atoms with Crippen molar-refractivity contribution in [3.63, 3.8) is 0 Å². The quantitative estimate of drug-likeness (QED) is 0.614. The predicted molar refractivity (Wildman–Crippen MR) is 74.2 cm³/mol. The second kappa shape index (κ2) is 4.20. The lowest BCUT2D eigenvalue weighted by Crippen LogP contribution is -1.92. The smallest absolute Gasteiger partial charge is 0.142 e. The van der Waals surface area contributed by atoms with Crippen LogP contribution in [0.2, 0.25) is 0 Å². The second-order valence-corrected chi connectivity index (χ2v) is 4.25. The number of ether oxygens (including phenoxy) is 1. The number of hydrogen-bond donors (Lipinski definition) is 3. The van der Waals surface area contributed by atoms with Gasteiger partial charge in [-0.2, -0.15) is 0 Å². The maximum atomic E-state index is 9.46. The molecule has 0 amide bonds. The number of rotatable bonds is 2. The van der Waals surface area contributed by atoms with Crippen molar-refractivity contribution in [3.8, 4) is 22.9 Å². The number of hydrogen-bond acceptors (Lipinski definition) is 4. The number of benzene rings is 2. The molecule has 0 saturated heterocycles. The molecule has 0 spiro atoms. The maximum absolute atomic E-state index is 9.46. The number of H-pyrrole nitrogens is 1. The van der Waals surface area contributed by atoms with E-state index < -0.39 is 0 Å². The molecule has 0 aliphatic heterocycles. The van der Waals surface area contributed by atoms with Gasteiger partial charge in [0.2, 0.25) is 0 Å². The summed E-state index contributed by atoms with van der Waals surface area (Å²) >= 11 is 0. The highest BCUT2D eigenvalue weighted by molar-refractivity contribution is 5.82. The Hall–Kier alpha value is -2.69. The summed E-state index contributed by atoms with van der Waals surface area (Å²) in [6, 6.07) is 10.4. The van der Waals surface area contributed by atoms with Crippen LogP contribution < -0.4 is 10.5 Å². The zero-order valence-corrected chi connectivity index (χ0v) is 10.3. The number of fused-ring (bicyclic) bond motifs is 1. The SMILES string of the molecule is COc1cc(N)ccc1-c1nc2ccc(O)cc2[nH]1. The standard InChI is InChI=1S/C14H13N3O2/c1-19-13-6-8(15)2-4-10(13)14-16-11-5-3-9(18)7-12(11)17-14/h2-7,18H,15H2,1H3,(H,16,17). The van der Waals surface area contributed by atoms with Gasteiger partial charge in [-0.1, -0.05) is 0 Å². The molecule has 96 valence electrons. The van der Waals surface area contributed by atoms with Gasteiger partial charge >= 0.3 is 0 Å². The number of nitrogens with zero attached hydrogens (tertiary/aromatic N) is 1. The van der Waals surface area contributed by atoms with E-state index in [9.17, 15) is 5.11 Å². The number of imidazole rings is 1. The van der Waals surface area contributed by atoms with Crippen molar-refractivity contribution < 1.29 is 9.84 Å². The first-order valence-corrected chi connectivity index (χ1v) is 5.80. The van der Waals surface area contributed by atoms with E-state index in [1.807, 2.05) is 6.07 Å². The largest absolute Gasteiger partial charge is 0.508 e. The fraction of sp³-hybridized carbons (Fsp3) is 0.0714. The van der Waals surface area contributed by atoms with Crippen molar-refractivity contribution in [2.24, 2.45) is 0 Å². The van der Waals surface area contributed by atoms with Gasteiger partial charge in [0.25, 0.3) is 0 Å². The summed E-state index contributed by atoms with van der Waals surface area (Å²) in [6.45, 7) is 0. The molecule has 0 atom stereocenters. The fourth-order valence-corrected chi connectivity index (χ4v) is 2.03. The monoisotopic (exact) mass is 255 g/mol. The number of phenols is 1. The zero-order valence-electron chi connectivity index (χ0n) is 10.3. The number of aromatic hydroxyl groups is 1. The van der Waals surface area contributed by atoms with Gasteiger partial charge in [0.1, 0.15) is 17.3 Å². The van der Waals surface area contributed by atoms with Crippen molar-refractivity contribution >= 4 is 16.7 Å². The Balaban J connectivity index is 2.18. The Labute approximate surface area is 109 Å². The second-order valence-electron chi connectivity index (χ2n) is 4.25. The summed E-state index contributed by atoms with van der Waals surface area (Å²) in [5, 5.41) is 9.46. The number of anilines is 1. The van der Waals surface area contributed by atoms with Gasteiger partial charge in [-0.15, -0.1) is 0 Å². The molecule has 0 saturated carbocycles. The molecule has 0 aliphatic carbocycles. The lowest BCUT2D eigenvalue weighted by molar-refractivity contribution is 0.416. The van der Waals surface area contributed by atoms with Gasteiger partial charge in [0.05, 0.1) is 23.7 Å². The molecule has 3 rings (SSSR count). The number of phenolic OH excluding ortho intramolecular Hbond substituents is 1. The third-order valence-corrected chi connectivity index (χ3v) is 2.95. The molecule has 19 heavy (non-hydrogen) atoms. The van der Waals surface area contributed by atoms with E-state index in [1.165, 1.54) is 0 Å². The number of aromatic amines is 1. The summed E-state index contributed by atoms with van der Waals surface area (Å²) in [4.78, 5) is 7.63.